The molecule has 2 fully saturated rings. The molecular weight excluding hydrogens is 268 g/mol. The van der Waals surface area contributed by atoms with Gasteiger partial charge in [-0.1, -0.05) is 6.92 Å². The van der Waals surface area contributed by atoms with Crippen LogP contribution < -0.4 is 5.32 Å². The topological polar surface area (TPSA) is 55.9 Å². The lowest BCUT2D eigenvalue weighted by Crippen LogP contribution is -2.57. The second kappa shape index (κ2) is 7.11. The molecule has 1 N–H and O–H groups in total. The van der Waals surface area contributed by atoms with Crippen LogP contribution in [0.1, 0.15) is 27.2 Å². The Labute approximate surface area is 127 Å². The summed E-state index contributed by atoms with van der Waals surface area (Å²) >= 11 is 0. The van der Waals surface area contributed by atoms with Crippen LogP contribution in [0.15, 0.2) is 0 Å². The monoisotopic (exact) mass is 296 g/mol. The van der Waals surface area contributed by atoms with Gasteiger partial charge in [0.15, 0.2) is 0 Å². The molecule has 6 heteroatoms. The average molecular weight is 296 g/mol. The van der Waals surface area contributed by atoms with Gasteiger partial charge >= 0.3 is 6.03 Å². The number of nitrogens with one attached hydrogen (secondary N) is 1. The van der Waals surface area contributed by atoms with Crippen LogP contribution in [0.4, 0.5) is 4.79 Å². The Morgan fingerprint density at radius 3 is 2.14 bits per heavy atom. The highest BCUT2D eigenvalue weighted by Crippen LogP contribution is 2.17. The maximum atomic E-state index is 12.5. The number of urea groups is 1. The summed E-state index contributed by atoms with van der Waals surface area (Å²) in [4.78, 5) is 30.4. The van der Waals surface area contributed by atoms with Crippen LogP contribution in [0.2, 0.25) is 0 Å². The van der Waals surface area contributed by atoms with E-state index in [4.69, 9.17) is 0 Å². The lowest BCUT2D eigenvalue weighted by atomic mass is 10.0. The van der Waals surface area contributed by atoms with E-state index in [1.807, 2.05) is 28.5 Å². The van der Waals surface area contributed by atoms with Crippen LogP contribution in [0, 0.1) is 5.92 Å². The smallest absolute Gasteiger partial charge is 0.320 e. The minimum atomic E-state index is -0.0324. The van der Waals surface area contributed by atoms with Crippen LogP contribution in [-0.2, 0) is 4.79 Å². The molecule has 2 atom stereocenters. The van der Waals surface area contributed by atoms with E-state index in [0.717, 1.165) is 26.1 Å². The van der Waals surface area contributed by atoms with Gasteiger partial charge in [0.2, 0.25) is 5.91 Å². The van der Waals surface area contributed by atoms with Crippen molar-refractivity contribution < 1.29 is 9.59 Å². The Bertz CT molecular complexity index is 376. The summed E-state index contributed by atoms with van der Waals surface area (Å²) in [6, 6.07) is 0.0643. The minimum Gasteiger partial charge on any atom is -0.338 e. The van der Waals surface area contributed by atoms with Gasteiger partial charge in [-0.15, -0.1) is 0 Å². The molecule has 0 bridgehead atoms. The molecule has 6 nitrogen and oxygen atoms in total. The van der Waals surface area contributed by atoms with Gasteiger partial charge in [0.05, 0.1) is 6.04 Å². The van der Waals surface area contributed by atoms with Crippen molar-refractivity contribution in [2.45, 2.75) is 33.2 Å². The van der Waals surface area contributed by atoms with Crippen molar-refractivity contribution in [1.82, 2.24) is 20.0 Å². The van der Waals surface area contributed by atoms with E-state index in [1.165, 1.54) is 0 Å². The predicted molar refractivity (Wildman–Crippen MR) is 82.0 cm³/mol. The van der Waals surface area contributed by atoms with E-state index in [2.05, 4.69) is 12.2 Å². The molecule has 0 aromatic heterocycles. The van der Waals surface area contributed by atoms with E-state index in [0.29, 0.717) is 32.1 Å². The zero-order valence-electron chi connectivity index (χ0n) is 13.5. The zero-order chi connectivity index (χ0) is 15.4. The highest BCUT2D eigenvalue weighted by molar-refractivity contribution is 5.83. The number of piperazine rings is 1. The first-order chi connectivity index (χ1) is 10.1. The van der Waals surface area contributed by atoms with Crippen molar-refractivity contribution in [2.24, 2.45) is 5.92 Å². The Morgan fingerprint density at radius 2 is 1.67 bits per heavy atom. The SMILES string of the molecule is CCN(CC)C(=O)N1CCN(C(=O)C2NCCC2C)CC1. The maximum absolute atomic E-state index is 12.5. The molecule has 0 aromatic carbocycles. The molecule has 0 aliphatic carbocycles. The summed E-state index contributed by atoms with van der Waals surface area (Å²) in [6.07, 6.45) is 1.07. The van der Waals surface area contributed by atoms with Crippen LogP contribution >= 0.6 is 0 Å². The molecule has 0 radical (unpaired) electrons. The van der Waals surface area contributed by atoms with Crippen LogP contribution in [0.3, 0.4) is 0 Å². The molecule has 2 aliphatic heterocycles. The van der Waals surface area contributed by atoms with Gasteiger partial charge in [0, 0.05) is 39.3 Å². The number of carbonyl (C=O) groups excluding carboxylic acids is 2. The highest BCUT2D eigenvalue weighted by atomic mass is 16.2. The minimum absolute atomic E-state index is 0.0324. The molecule has 0 saturated carbocycles. The first-order valence-corrected chi connectivity index (χ1v) is 8.14. The Balaban J connectivity index is 1.85. The quantitative estimate of drug-likeness (QED) is 0.829. The largest absolute Gasteiger partial charge is 0.338 e. The normalized spacial score (nSPS) is 26.0. The van der Waals surface area contributed by atoms with Crippen LogP contribution in [-0.4, -0.2) is 78.5 Å². The number of hydrogen-bond acceptors (Lipinski definition) is 3. The van der Waals surface area contributed by atoms with E-state index in [9.17, 15) is 9.59 Å². The molecule has 21 heavy (non-hydrogen) atoms. The summed E-state index contributed by atoms with van der Waals surface area (Å²) in [7, 11) is 0. The van der Waals surface area contributed by atoms with Crippen molar-refractivity contribution in [2.75, 3.05) is 45.8 Å². The first-order valence-electron chi connectivity index (χ1n) is 8.14. The fraction of sp³-hybridized carbons (Fsp3) is 0.867. The third-order valence-electron chi connectivity index (χ3n) is 4.69. The standard InChI is InChI=1S/C15H28N4O2/c1-4-17(5-2)15(21)19-10-8-18(9-11-19)14(20)13-12(3)6-7-16-13/h12-13,16H,4-11H2,1-3H3. The maximum Gasteiger partial charge on any atom is 0.320 e. The first kappa shape index (κ1) is 16.1. The van der Waals surface area contributed by atoms with E-state index in [-0.39, 0.29) is 18.0 Å². The number of hydrogen-bond donors (Lipinski definition) is 1. The van der Waals surface area contributed by atoms with Gasteiger partial charge < -0.3 is 20.0 Å². The molecule has 120 valence electrons. The summed E-state index contributed by atoms with van der Waals surface area (Å²) < 4.78 is 0. The van der Waals surface area contributed by atoms with E-state index in [1.54, 1.807) is 0 Å². The van der Waals surface area contributed by atoms with Crippen LogP contribution in [0.5, 0.6) is 0 Å². The molecule has 0 aromatic rings. The molecule has 2 aliphatic rings. The Kier molecular flexibility index (Phi) is 5.45. The fourth-order valence-electron chi connectivity index (χ4n) is 3.17. The van der Waals surface area contributed by atoms with Crippen molar-refractivity contribution in [3.05, 3.63) is 0 Å². The fourth-order valence-corrected chi connectivity index (χ4v) is 3.17. The Hall–Kier alpha value is -1.30. The molecule has 2 heterocycles. The summed E-state index contributed by atoms with van der Waals surface area (Å²) in [5.41, 5.74) is 0. The van der Waals surface area contributed by atoms with Crippen molar-refractivity contribution >= 4 is 11.9 Å². The second-order valence-corrected chi connectivity index (χ2v) is 5.96. The lowest BCUT2D eigenvalue weighted by Gasteiger charge is -2.38. The predicted octanol–water partition coefficient (Wildman–Crippen LogP) is 0.590. The summed E-state index contributed by atoms with van der Waals surface area (Å²) in [5.74, 6) is 0.614. The molecule has 2 unspecified atom stereocenters. The van der Waals surface area contributed by atoms with Gasteiger partial charge in [0.25, 0.3) is 0 Å². The lowest BCUT2D eigenvalue weighted by molar-refractivity contribution is -0.135. The number of rotatable bonds is 3. The second-order valence-electron chi connectivity index (χ2n) is 5.96. The highest BCUT2D eigenvalue weighted by Gasteiger charge is 2.34. The average Bonchev–Trinajstić information content (AvgIpc) is 2.94. The van der Waals surface area contributed by atoms with Gasteiger partial charge in [-0.3, -0.25) is 4.79 Å². The summed E-state index contributed by atoms with van der Waals surface area (Å²) in [6.45, 7) is 11.1. The van der Waals surface area contributed by atoms with Crippen molar-refractivity contribution in [1.29, 1.82) is 0 Å². The van der Waals surface area contributed by atoms with Crippen molar-refractivity contribution in [3.8, 4) is 0 Å². The third kappa shape index (κ3) is 3.48. The van der Waals surface area contributed by atoms with Crippen molar-refractivity contribution in [3.63, 3.8) is 0 Å². The number of nitrogens with zero attached hydrogens (tertiary/aromatic N) is 3. The molecule has 2 rings (SSSR count). The zero-order valence-corrected chi connectivity index (χ0v) is 13.5. The molecular formula is C15H28N4O2. The summed E-state index contributed by atoms with van der Waals surface area (Å²) in [5, 5.41) is 3.29. The van der Waals surface area contributed by atoms with Gasteiger partial charge in [0.1, 0.15) is 0 Å². The van der Waals surface area contributed by atoms with E-state index >= 15 is 0 Å². The number of amides is 3. The number of carbonyl (C=O) groups is 2. The molecule has 0 spiro atoms. The van der Waals surface area contributed by atoms with E-state index < -0.39 is 0 Å². The van der Waals surface area contributed by atoms with Gasteiger partial charge in [-0.05, 0) is 32.7 Å². The van der Waals surface area contributed by atoms with Gasteiger partial charge in [-0.2, -0.15) is 0 Å². The molecule has 2 saturated heterocycles. The van der Waals surface area contributed by atoms with Crippen LogP contribution in [0.25, 0.3) is 0 Å². The third-order valence-corrected chi connectivity index (χ3v) is 4.69. The molecule has 3 amide bonds. The van der Waals surface area contributed by atoms with Gasteiger partial charge in [-0.25, -0.2) is 4.79 Å². The Morgan fingerprint density at radius 1 is 1.10 bits per heavy atom.